The summed E-state index contributed by atoms with van der Waals surface area (Å²) in [5.74, 6) is -0.940. The predicted molar refractivity (Wildman–Crippen MR) is 112 cm³/mol. The predicted octanol–water partition coefficient (Wildman–Crippen LogP) is 2.71. The van der Waals surface area contributed by atoms with Gasteiger partial charge in [-0.05, 0) is 42.7 Å². The lowest BCUT2D eigenvalue weighted by molar-refractivity contribution is 0.0574. The lowest BCUT2D eigenvalue weighted by atomic mass is 10.0. The SMILES string of the molecule is CCC1=CNC(N2CCN(C(=O)c3ccc(N4CCOC4=O)cc3F)CC2)C(C)=C1. The summed E-state index contributed by atoms with van der Waals surface area (Å²) in [6, 6.07) is 4.28. The van der Waals surface area contributed by atoms with E-state index in [1.165, 1.54) is 28.2 Å². The van der Waals surface area contributed by atoms with Crippen LogP contribution in [0.2, 0.25) is 0 Å². The molecule has 0 saturated carbocycles. The molecule has 2 saturated heterocycles. The van der Waals surface area contributed by atoms with Gasteiger partial charge in [0, 0.05) is 32.4 Å². The van der Waals surface area contributed by atoms with Gasteiger partial charge in [-0.15, -0.1) is 0 Å². The zero-order chi connectivity index (χ0) is 21.3. The normalized spacial score (nSPS) is 22.4. The van der Waals surface area contributed by atoms with Crippen LogP contribution < -0.4 is 10.2 Å². The fourth-order valence-corrected chi connectivity index (χ4v) is 4.15. The van der Waals surface area contributed by atoms with Crippen LogP contribution in [0, 0.1) is 5.82 Å². The van der Waals surface area contributed by atoms with Gasteiger partial charge < -0.3 is 15.0 Å². The van der Waals surface area contributed by atoms with Crippen LogP contribution in [0.15, 0.2) is 41.6 Å². The molecule has 0 aromatic heterocycles. The number of rotatable bonds is 4. The molecule has 1 aromatic carbocycles. The number of benzene rings is 1. The molecule has 1 N–H and O–H groups in total. The highest BCUT2D eigenvalue weighted by molar-refractivity contribution is 5.96. The van der Waals surface area contributed by atoms with E-state index in [0.717, 1.165) is 6.42 Å². The number of cyclic esters (lactones) is 1. The first kappa shape index (κ1) is 20.4. The molecule has 3 aliphatic heterocycles. The van der Waals surface area contributed by atoms with Crippen molar-refractivity contribution in [1.29, 1.82) is 0 Å². The number of amides is 2. The minimum absolute atomic E-state index is 0.0298. The molecule has 30 heavy (non-hydrogen) atoms. The van der Waals surface area contributed by atoms with Gasteiger partial charge >= 0.3 is 6.09 Å². The van der Waals surface area contributed by atoms with Crippen molar-refractivity contribution in [2.75, 3.05) is 44.2 Å². The van der Waals surface area contributed by atoms with E-state index >= 15 is 0 Å². The van der Waals surface area contributed by atoms with Gasteiger partial charge in [-0.1, -0.05) is 13.0 Å². The molecule has 4 rings (SSSR count). The van der Waals surface area contributed by atoms with E-state index in [9.17, 15) is 14.0 Å². The van der Waals surface area contributed by atoms with E-state index < -0.39 is 11.9 Å². The summed E-state index contributed by atoms with van der Waals surface area (Å²) in [6.45, 7) is 7.40. The number of anilines is 1. The Bertz CT molecular complexity index is 906. The van der Waals surface area contributed by atoms with Crippen molar-refractivity contribution in [3.63, 3.8) is 0 Å². The van der Waals surface area contributed by atoms with Crippen LogP contribution in [0.25, 0.3) is 0 Å². The van der Waals surface area contributed by atoms with E-state index in [1.54, 1.807) is 11.0 Å². The summed E-state index contributed by atoms with van der Waals surface area (Å²) < 4.78 is 19.5. The largest absolute Gasteiger partial charge is 0.447 e. The Hall–Kier alpha value is -2.87. The molecular formula is C22H27FN4O3. The molecule has 1 atom stereocenters. The molecule has 1 aromatic rings. The number of hydrogen-bond donors (Lipinski definition) is 1. The van der Waals surface area contributed by atoms with Gasteiger partial charge in [0.2, 0.25) is 0 Å². The lowest BCUT2D eigenvalue weighted by Crippen LogP contribution is -2.56. The van der Waals surface area contributed by atoms with Gasteiger partial charge in [0.05, 0.1) is 17.8 Å². The number of nitrogens with one attached hydrogen (secondary N) is 1. The molecule has 0 radical (unpaired) electrons. The van der Waals surface area contributed by atoms with Crippen LogP contribution in [0.3, 0.4) is 0 Å². The second kappa shape index (κ2) is 8.47. The summed E-state index contributed by atoms with van der Waals surface area (Å²) in [6.07, 6.45) is 4.90. The average Bonchev–Trinajstić information content (AvgIpc) is 3.19. The highest BCUT2D eigenvalue weighted by Gasteiger charge is 2.30. The van der Waals surface area contributed by atoms with Crippen LogP contribution in [-0.2, 0) is 4.74 Å². The number of carbonyl (C=O) groups is 2. The second-order valence-electron chi connectivity index (χ2n) is 7.79. The summed E-state index contributed by atoms with van der Waals surface area (Å²) in [5, 5.41) is 3.45. The van der Waals surface area contributed by atoms with Crippen molar-refractivity contribution in [3.05, 3.63) is 53.0 Å². The zero-order valence-corrected chi connectivity index (χ0v) is 17.4. The number of carbonyl (C=O) groups excluding carboxylic acids is 2. The number of dihydropyridines is 1. The minimum atomic E-state index is -0.621. The molecule has 7 nitrogen and oxygen atoms in total. The summed E-state index contributed by atoms with van der Waals surface area (Å²) in [4.78, 5) is 29.9. The van der Waals surface area contributed by atoms with Gasteiger partial charge in [0.15, 0.2) is 0 Å². The molecule has 3 heterocycles. The average molecular weight is 414 g/mol. The highest BCUT2D eigenvalue weighted by atomic mass is 19.1. The van der Waals surface area contributed by atoms with Crippen molar-refractivity contribution in [2.45, 2.75) is 26.4 Å². The first-order chi connectivity index (χ1) is 14.5. The first-order valence-corrected chi connectivity index (χ1v) is 10.4. The van der Waals surface area contributed by atoms with Crippen molar-refractivity contribution < 1.29 is 18.7 Å². The van der Waals surface area contributed by atoms with Crippen LogP contribution in [-0.4, -0.2) is 67.3 Å². The molecule has 1 unspecified atom stereocenters. The van der Waals surface area contributed by atoms with Crippen LogP contribution >= 0.6 is 0 Å². The van der Waals surface area contributed by atoms with Crippen molar-refractivity contribution in [2.24, 2.45) is 0 Å². The third kappa shape index (κ3) is 3.92. The Labute approximate surface area is 175 Å². The Balaban J connectivity index is 1.38. The molecular weight excluding hydrogens is 387 g/mol. The van der Waals surface area contributed by atoms with Crippen LogP contribution in [0.5, 0.6) is 0 Å². The maximum absolute atomic E-state index is 14.7. The van der Waals surface area contributed by atoms with Gasteiger partial charge in [0.25, 0.3) is 5.91 Å². The van der Waals surface area contributed by atoms with Crippen LogP contribution in [0.1, 0.15) is 30.6 Å². The lowest BCUT2D eigenvalue weighted by Gasteiger charge is -2.40. The topological polar surface area (TPSA) is 65.1 Å². The van der Waals surface area contributed by atoms with E-state index in [2.05, 4.69) is 36.3 Å². The highest BCUT2D eigenvalue weighted by Crippen LogP contribution is 2.24. The third-order valence-corrected chi connectivity index (χ3v) is 5.90. The Morgan fingerprint density at radius 2 is 2.00 bits per heavy atom. The van der Waals surface area contributed by atoms with Crippen molar-refractivity contribution in [1.82, 2.24) is 15.1 Å². The van der Waals surface area contributed by atoms with Gasteiger partial charge in [-0.2, -0.15) is 0 Å². The standard InChI is InChI=1S/C22H27FN4O3/c1-3-16-12-15(2)20(24-14-16)25-6-8-26(9-7-25)21(28)18-5-4-17(13-19(18)23)27-10-11-30-22(27)29/h4-5,12-14,20,24H,3,6-11H2,1-2H3. The third-order valence-electron chi connectivity index (χ3n) is 5.90. The molecule has 0 aliphatic carbocycles. The molecule has 160 valence electrons. The maximum Gasteiger partial charge on any atom is 0.414 e. The number of piperazine rings is 1. The molecule has 0 spiro atoms. The zero-order valence-electron chi connectivity index (χ0n) is 17.4. The van der Waals surface area contributed by atoms with E-state index in [0.29, 0.717) is 38.4 Å². The molecule has 8 heteroatoms. The van der Waals surface area contributed by atoms with Crippen LogP contribution in [0.4, 0.5) is 14.9 Å². The Morgan fingerprint density at radius 3 is 2.60 bits per heavy atom. The molecule has 2 fully saturated rings. The minimum Gasteiger partial charge on any atom is -0.447 e. The second-order valence-corrected chi connectivity index (χ2v) is 7.79. The Kier molecular flexibility index (Phi) is 5.76. The number of hydrogen-bond acceptors (Lipinski definition) is 5. The number of ether oxygens (including phenoxy) is 1. The smallest absolute Gasteiger partial charge is 0.414 e. The van der Waals surface area contributed by atoms with E-state index in [4.69, 9.17) is 4.74 Å². The van der Waals surface area contributed by atoms with Crippen molar-refractivity contribution in [3.8, 4) is 0 Å². The summed E-state index contributed by atoms with van der Waals surface area (Å²) in [7, 11) is 0. The first-order valence-electron chi connectivity index (χ1n) is 10.4. The summed E-state index contributed by atoms with van der Waals surface area (Å²) >= 11 is 0. The van der Waals surface area contributed by atoms with Gasteiger partial charge in [0.1, 0.15) is 18.6 Å². The monoisotopic (exact) mass is 414 g/mol. The van der Waals surface area contributed by atoms with Gasteiger partial charge in [-0.25, -0.2) is 9.18 Å². The fraction of sp³-hybridized carbons (Fsp3) is 0.455. The fourth-order valence-electron chi connectivity index (χ4n) is 4.15. The number of nitrogens with zero attached hydrogens (tertiary/aromatic N) is 3. The maximum atomic E-state index is 14.7. The molecule has 0 bridgehead atoms. The van der Waals surface area contributed by atoms with Gasteiger partial charge in [-0.3, -0.25) is 14.6 Å². The molecule has 3 aliphatic rings. The van der Waals surface area contributed by atoms with Crippen molar-refractivity contribution >= 4 is 17.7 Å². The number of allylic oxidation sites excluding steroid dienone is 2. The number of halogens is 1. The molecule has 2 amide bonds. The quantitative estimate of drug-likeness (QED) is 0.821. The summed E-state index contributed by atoms with van der Waals surface area (Å²) in [5.41, 5.74) is 2.97. The Morgan fingerprint density at radius 1 is 1.23 bits per heavy atom. The van der Waals surface area contributed by atoms with E-state index in [1.807, 2.05) is 0 Å². The van der Waals surface area contributed by atoms with E-state index in [-0.39, 0.29) is 24.2 Å².